The number of nitrogens with zero attached hydrogens (tertiary/aromatic N) is 3. The molecule has 4 nitrogen and oxygen atoms in total. The van der Waals surface area contributed by atoms with E-state index in [0.29, 0.717) is 6.04 Å². The highest BCUT2D eigenvalue weighted by Crippen LogP contribution is 2.33. The summed E-state index contributed by atoms with van der Waals surface area (Å²) in [6, 6.07) is 7.33. The van der Waals surface area contributed by atoms with E-state index in [0.717, 1.165) is 51.3 Å². The molecule has 2 aliphatic heterocycles. The van der Waals surface area contributed by atoms with Crippen LogP contribution in [0.15, 0.2) is 18.2 Å². The molecule has 112 valence electrons. The van der Waals surface area contributed by atoms with Crippen LogP contribution >= 0.6 is 11.3 Å². The number of rotatable bonds is 3. The van der Waals surface area contributed by atoms with Crippen molar-refractivity contribution in [1.82, 2.24) is 9.88 Å². The highest BCUT2D eigenvalue weighted by molar-refractivity contribution is 7.22. The monoisotopic (exact) mass is 303 g/mol. The fourth-order valence-electron chi connectivity index (χ4n) is 3.10. The van der Waals surface area contributed by atoms with Crippen molar-refractivity contribution >= 4 is 26.7 Å². The molecule has 2 aromatic rings. The fraction of sp³-hybridized carbons (Fsp3) is 0.562. The second-order valence-electron chi connectivity index (χ2n) is 5.86. The van der Waals surface area contributed by atoms with E-state index >= 15 is 0 Å². The Hall–Kier alpha value is -1.17. The molecule has 2 fully saturated rings. The van der Waals surface area contributed by atoms with Crippen molar-refractivity contribution in [2.24, 2.45) is 0 Å². The van der Waals surface area contributed by atoms with Crippen LogP contribution in [0.3, 0.4) is 0 Å². The van der Waals surface area contributed by atoms with Gasteiger partial charge in [-0.1, -0.05) is 24.3 Å². The lowest BCUT2D eigenvalue weighted by molar-refractivity contribution is 0.0105. The highest BCUT2D eigenvalue weighted by Gasteiger charge is 2.34. The molecule has 4 rings (SSSR count). The third-order valence-corrected chi connectivity index (χ3v) is 5.62. The van der Waals surface area contributed by atoms with Crippen molar-refractivity contribution < 1.29 is 4.74 Å². The van der Waals surface area contributed by atoms with Crippen molar-refractivity contribution in [3.8, 4) is 0 Å². The maximum absolute atomic E-state index is 5.43. The van der Waals surface area contributed by atoms with Gasteiger partial charge in [0.05, 0.1) is 23.4 Å². The van der Waals surface area contributed by atoms with Gasteiger partial charge in [-0.15, -0.1) is 0 Å². The Balaban J connectivity index is 1.45. The molecule has 2 saturated heterocycles. The number of aromatic nitrogens is 1. The molecule has 1 aromatic heterocycles. The minimum absolute atomic E-state index is 0.687. The zero-order valence-corrected chi connectivity index (χ0v) is 13.2. The van der Waals surface area contributed by atoms with Crippen LogP contribution in [0.4, 0.5) is 5.13 Å². The summed E-state index contributed by atoms with van der Waals surface area (Å²) in [5, 5.41) is 1.18. The number of aryl methyl sites for hydroxylation is 1. The van der Waals surface area contributed by atoms with Crippen molar-refractivity contribution in [3.05, 3.63) is 23.8 Å². The van der Waals surface area contributed by atoms with Gasteiger partial charge in [0, 0.05) is 32.2 Å². The van der Waals surface area contributed by atoms with E-state index in [9.17, 15) is 0 Å². The molecule has 3 heterocycles. The molecule has 0 unspecified atom stereocenters. The first-order valence-corrected chi connectivity index (χ1v) is 8.61. The fourth-order valence-corrected chi connectivity index (χ4v) is 4.14. The Labute approximate surface area is 129 Å². The number of benzene rings is 1. The van der Waals surface area contributed by atoms with Crippen LogP contribution in [0, 0.1) is 0 Å². The van der Waals surface area contributed by atoms with E-state index in [1.165, 1.54) is 15.4 Å². The van der Waals surface area contributed by atoms with Crippen molar-refractivity contribution in [2.45, 2.75) is 19.4 Å². The highest BCUT2D eigenvalue weighted by atomic mass is 32.1. The summed E-state index contributed by atoms with van der Waals surface area (Å²) >= 11 is 1.83. The molecule has 0 saturated carbocycles. The first-order valence-electron chi connectivity index (χ1n) is 7.79. The molecular formula is C16H21N3OS. The molecule has 0 bridgehead atoms. The van der Waals surface area contributed by atoms with Gasteiger partial charge in [-0.2, -0.15) is 0 Å². The van der Waals surface area contributed by atoms with Gasteiger partial charge < -0.3 is 9.64 Å². The van der Waals surface area contributed by atoms with Crippen molar-refractivity contribution in [3.63, 3.8) is 0 Å². The minimum atomic E-state index is 0.687. The molecule has 21 heavy (non-hydrogen) atoms. The second-order valence-corrected chi connectivity index (χ2v) is 6.87. The lowest BCUT2D eigenvalue weighted by Crippen LogP contribution is -2.61. The quantitative estimate of drug-likeness (QED) is 0.870. The molecule has 5 heteroatoms. The zero-order valence-electron chi connectivity index (χ0n) is 12.4. The maximum Gasteiger partial charge on any atom is 0.186 e. The maximum atomic E-state index is 5.43. The summed E-state index contributed by atoms with van der Waals surface area (Å²) in [7, 11) is 0. The summed E-state index contributed by atoms with van der Waals surface area (Å²) in [4.78, 5) is 9.76. The zero-order chi connectivity index (χ0) is 14.2. The third kappa shape index (κ3) is 2.54. The van der Waals surface area contributed by atoms with Gasteiger partial charge in [-0.25, -0.2) is 4.98 Å². The predicted molar refractivity (Wildman–Crippen MR) is 87.4 cm³/mol. The van der Waals surface area contributed by atoms with Crippen LogP contribution in [0.25, 0.3) is 10.2 Å². The largest absolute Gasteiger partial charge is 0.379 e. The van der Waals surface area contributed by atoms with Gasteiger partial charge >= 0.3 is 0 Å². The van der Waals surface area contributed by atoms with Crippen molar-refractivity contribution in [1.29, 1.82) is 0 Å². The standard InChI is InChI=1S/C16H21N3OS/c1-2-12-3-4-14-15(9-12)21-16(17-14)19-10-13(11-19)18-5-7-20-8-6-18/h3-4,9,13H,2,5-8,10-11H2,1H3. The summed E-state index contributed by atoms with van der Waals surface area (Å²) in [6.45, 7) is 8.36. The Bertz CT molecular complexity index is 629. The summed E-state index contributed by atoms with van der Waals surface area (Å²) < 4.78 is 6.74. The molecule has 0 atom stereocenters. The Kier molecular flexibility index (Phi) is 3.57. The van der Waals surface area contributed by atoms with E-state index < -0.39 is 0 Å². The number of hydrogen-bond acceptors (Lipinski definition) is 5. The number of anilines is 1. The van der Waals surface area contributed by atoms with Gasteiger partial charge in [0.1, 0.15) is 0 Å². The first kappa shape index (κ1) is 13.5. The van der Waals surface area contributed by atoms with E-state index in [-0.39, 0.29) is 0 Å². The van der Waals surface area contributed by atoms with Crippen LogP contribution in [0.1, 0.15) is 12.5 Å². The average molecular weight is 303 g/mol. The summed E-state index contributed by atoms with van der Waals surface area (Å²) in [5.74, 6) is 0. The number of thiazole rings is 1. The van der Waals surface area contributed by atoms with Gasteiger partial charge in [0.15, 0.2) is 5.13 Å². The lowest BCUT2D eigenvalue weighted by atomic mass is 10.1. The van der Waals surface area contributed by atoms with Gasteiger partial charge in [-0.05, 0) is 24.1 Å². The van der Waals surface area contributed by atoms with Gasteiger partial charge in [0.25, 0.3) is 0 Å². The normalized spacial score (nSPS) is 20.9. The molecule has 1 aromatic carbocycles. The number of morpholine rings is 1. The number of hydrogen-bond donors (Lipinski definition) is 0. The van der Waals surface area contributed by atoms with Crippen LogP contribution < -0.4 is 4.90 Å². The van der Waals surface area contributed by atoms with Crippen molar-refractivity contribution in [2.75, 3.05) is 44.3 Å². The Morgan fingerprint density at radius 2 is 2.10 bits per heavy atom. The smallest absolute Gasteiger partial charge is 0.186 e. The third-order valence-electron chi connectivity index (χ3n) is 4.54. The van der Waals surface area contributed by atoms with Gasteiger partial charge in [0.2, 0.25) is 0 Å². The lowest BCUT2D eigenvalue weighted by Gasteiger charge is -2.46. The first-order chi connectivity index (χ1) is 10.3. The van der Waals surface area contributed by atoms with Crippen LogP contribution in [-0.4, -0.2) is 55.3 Å². The SMILES string of the molecule is CCc1ccc2nc(N3CC(N4CCOCC4)C3)sc2c1. The molecule has 0 amide bonds. The Morgan fingerprint density at radius 3 is 2.86 bits per heavy atom. The molecular weight excluding hydrogens is 282 g/mol. The van der Waals surface area contributed by atoms with Gasteiger partial charge in [-0.3, -0.25) is 4.90 Å². The second kappa shape index (κ2) is 5.55. The Morgan fingerprint density at radius 1 is 1.29 bits per heavy atom. The predicted octanol–water partition coefficient (Wildman–Crippen LogP) is 2.38. The van der Waals surface area contributed by atoms with Crippen LogP contribution in [-0.2, 0) is 11.2 Å². The van der Waals surface area contributed by atoms with E-state index in [1.807, 2.05) is 11.3 Å². The number of fused-ring (bicyclic) bond motifs is 1. The molecule has 2 aliphatic rings. The molecule has 0 radical (unpaired) electrons. The van der Waals surface area contributed by atoms with Crippen LogP contribution in [0.5, 0.6) is 0 Å². The summed E-state index contributed by atoms with van der Waals surface area (Å²) in [6.07, 6.45) is 1.09. The molecule has 0 spiro atoms. The molecule has 0 aliphatic carbocycles. The summed E-state index contributed by atoms with van der Waals surface area (Å²) in [5.41, 5.74) is 2.54. The van der Waals surface area contributed by atoms with Crippen LogP contribution in [0.2, 0.25) is 0 Å². The van der Waals surface area contributed by atoms with E-state index in [4.69, 9.17) is 9.72 Å². The number of ether oxygens (including phenoxy) is 1. The van der Waals surface area contributed by atoms with E-state index in [2.05, 4.69) is 34.9 Å². The topological polar surface area (TPSA) is 28.6 Å². The minimum Gasteiger partial charge on any atom is -0.379 e. The average Bonchev–Trinajstić information content (AvgIpc) is 2.89. The van der Waals surface area contributed by atoms with E-state index in [1.54, 1.807) is 0 Å². The molecule has 0 N–H and O–H groups in total.